The van der Waals surface area contributed by atoms with E-state index in [9.17, 15) is 27.9 Å². The molecular formula is C33H31F3N2O4. The minimum absolute atomic E-state index is 0.0137. The zero-order valence-corrected chi connectivity index (χ0v) is 23.5. The first-order valence-corrected chi connectivity index (χ1v) is 13.3. The number of pyridine rings is 1. The van der Waals surface area contributed by atoms with E-state index >= 15 is 0 Å². The number of hydrogen-bond acceptors (Lipinski definition) is 5. The summed E-state index contributed by atoms with van der Waals surface area (Å²) < 4.78 is 44.8. The molecule has 0 amide bonds. The van der Waals surface area contributed by atoms with Crippen molar-refractivity contribution >= 4 is 17.6 Å². The molecule has 6 nitrogen and oxygen atoms in total. The molecule has 1 N–H and O–H groups in total. The van der Waals surface area contributed by atoms with Crippen LogP contribution in [0.25, 0.3) is 11.1 Å². The van der Waals surface area contributed by atoms with Gasteiger partial charge >= 0.3 is 12.1 Å². The summed E-state index contributed by atoms with van der Waals surface area (Å²) in [4.78, 5) is 29.6. The number of nitrogens with zero attached hydrogens (tertiary/aromatic N) is 2. The van der Waals surface area contributed by atoms with Crippen molar-refractivity contribution in [2.24, 2.45) is 0 Å². The van der Waals surface area contributed by atoms with Crippen LogP contribution in [-0.2, 0) is 23.9 Å². The number of hydrogen-bond donors (Lipinski definition) is 1. The molecule has 0 fully saturated rings. The van der Waals surface area contributed by atoms with E-state index in [2.05, 4.69) is 4.98 Å². The number of ketones is 1. The molecule has 4 rings (SSSR count). The number of carboxylic acids is 1. The molecule has 0 unspecified atom stereocenters. The number of halogens is 3. The van der Waals surface area contributed by atoms with Crippen LogP contribution in [0.1, 0.15) is 47.8 Å². The Hall–Kier alpha value is -4.66. The lowest BCUT2D eigenvalue weighted by Gasteiger charge is -2.25. The van der Waals surface area contributed by atoms with Gasteiger partial charge in [-0.25, -0.2) is 9.78 Å². The fourth-order valence-electron chi connectivity index (χ4n) is 4.26. The molecular weight excluding hydrogens is 545 g/mol. The highest BCUT2D eigenvalue weighted by Gasteiger charge is 2.30. The Balaban J connectivity index is 1.53. The van der Waals surface area contributed by atoms with E-state index in [0.717, 1.165) is 28.8 Å². The van der Waals surface area contributed by atoms with E-state index in [0.29, 0.717) is 42.2 Å². The summed E-state index contributed by atoms with van der Waals surface area (Å²) in [5.74, 6) is 0.000733. The maximum Gasteiger partial charge on any atom is 0.416 e. The van der Waals surface area contributed by atoms with Crippen LogP contribution in [0.15, 0.2) is 91.1 Å². The number of anilines is 1. The molecule has 0 bridgehead atoms. The summed E-state index contributed by atoms with van der Waals surface area (Å²) in [5.41, 5.74) is 1.99. The van der Waals surface area contributed by atoms with Gasteiger partial charge in [0.15, 0.2) is 11.4 Å². The normalized spacial score (nSPS) is 11.7. The van der Waals surface area contributed by atoms with Gasteiger partial charge in [-0.2, -0.15) is 13.2 Å². The second-order valence-electron chi connectivity index (χ2n) is 10.5. The van der Waals surface area contributed by atoms with Gasteiger partial charge in [-0.1, -0.05) is 48.5 Å². The maximum absolute atomic E-state index is 13.1. The minimum Gasteiger partial charge on any atom is -0.478 e. The Bertz CT molecular complexity index is 1510. The number of rotatable bonds is 11. The highest BCUT2D eigenvalue weighted by molar-refractivity contribution is 5.94. The van der Waals surface area contributed by atoms with Gasteiger partial charge in [-0.05, 0) is 80.3 Å². The molecule has 1 aromatic heterocycles. The molecule has 0 aliphatic carbocycles. The van der Waals surface area contributed by atoms with E-state index in [4.69, 9.17) is 4.74 Å². The lowest BCUT2D eigenvalue weighted by molar-refractivity contribution is -0.152. The van der Waals surface area contributed by atoms with Crippen molar-refractivity contribution in [3.8, 4) is 16.9 Å². The quantitative estimate of drug-likeness (QED) is 0.187. The number of Topliss-reactive ketones (excluding diaryl/α,β-unsaturated/α-hetero) is 1. The molecule has 3 aromatic carbocycles. The summed E-state index contributed by atoms with van der Waals surface area (Å²) >= 11 is 0. The molecule has 0 atom stereocenters. The van der Waals surface area contributed by atoms with E-state index in [1.165, 1.54) is 32.9 Å². The van der Waals surface area contributed by atoms with Crippen molar-refractivity contribution in [3.63, 3.8) is 0 Å². The van der Waals surface area contributed by atoms with Gasteiger partial charge in [0, 0.05) is 30.4 Å². The average Bonchev–Trinajstić information content (AvgIpc) is 2.96. The summed E-state index contributed by atoms with van der Waals surface area (Å²) in [7, 11) is 0. The third kappa shape index (κ3) is 7.75. The Morgan fingerprint density at radius 3 is 1.95 bits per heavy atom. The Morgan fingerprint density at radius 2 is 1.43 bits per heavy atom. The third-order valence-electron chi connectivity index (χ3n) is 6.83. The summed E-state index contributed by atoms with van der Waals surface area (Å²) in [5, 5.41) is 9.30. The van der Waals surface area contributed by atoms with E-state index in [-0.39, 0.29) is 5.78 Å². The van der Waals surface area contributed by atoms with Crippen molar-refractivity contribution in [1.29, 1.82) is 0 Å². The van der Waals surface area contributed by atoms with Crippen molar-refractivity contribution in [1.82, 2.24) is 4.98 Å². The van der Waals surface area contributed by atoms with Crippen LogP contribution in [0.4, 0.5) is 19.0 Å². The molecule has 0 saturated heterocycles. The zero-order chi connectivity index (χ0) is 30.5. The van der Waals surface area contributed by atoms with Crippen LogP contribution >= 0.6 is 0 Å². The number of carbonyl (C=O) groups excluding carboxylic acids is 1. The van der Waals surface area contributed by atoms with Crippen LogP contribution in [-0.4, -0.2) is 34.0 Å². The predicted molar refractivity (Wildman–Crippen MR) is 155 cm³/mol. The number of carbonyl (C=O) groups is 2. The molecule has 0 spiro atoms. The first kappa shape index (κ1) is 30.3. The highest BCUT2D eigenvalue weighted by atomic mass is 19.4. The van der Waals surface area contributed by atoms with Gasteiger partial charge in [-0.3, -0.25) is 4.79 Å². The van der Waals surface area contributed by atoms with Crippen molar-refractivity contribution < 1.29 is 32.6 Å². The molecule has 1 heterocycles. The molecule has 0 aliphatic heterocycles. The SMILES string of the molecule is CC(=O)c1ccc(-c2ccc(N(CCc3ccc(OC(C)(C)C(=O)O)cc3)Cc3ccc(C(F)(F)F)cc3)nc2)cc1. The van der Waals surface area contributed by atoms with Crippen molar-refractivity contribution in [2.45, 2.75) is 45.5 Å². The standard InChI is InChI=1S/C33H31F3N2O4/c1-22(39)25-8-10-26(11-9-25)27-12-17-30(37-20-27)38(21-24-4-13-28(14-5-24)33(34,35)36)19-18-23-6-15-29(16-7-23)42-32(2,3)31(40)41/h4-17,20H,18-19,21H2,1-3H3,(H,40,41). The average molecular weight is 577 g/mol. The number of carboxylic acid groups (broad SMARTS) is 1. The van der Waals surface area contributed by atoms with Gasteiger partial charge in [0.25, 0.3) is 0 Å². The lowest BCUT2D eigenvalue weighted by atomic mass is 10.0. The number of aliphatic carboxylic acids is 1. The molecule has 218 valence electrons. The highest BCUT2D eigenvalue weighted by Crippen LogP contribution is 2.30. The lowest BCUT2D eigenvalue weighted by Crippen LogP contribution is -2.37. The predicted octanol–water partition coefficient (Wildman–Crippen LogP) is 7.46. The first-order chi connectivity index (χ1) is 19.8. The number of aromatic nitrogens is 1. The van der Waals surface area contributed by atoms with E-state index in [1.54, 1.807) is 30.5 Å². The molecule has 9 heteroatoms. The Kier molecular flexibility index (Phi) is 8.99. The summed E-state index contributed by atoms with van der Waals surface area (Å²) in [6, 6.07) is 23.3. The van der Waals surface area contributed by atoms with Gasteiger partial charge < -0.3 is 14.7 Å². The van der Waals surface area contributed by atoms with Gasteiger partial charge in [0.2, 0.25) is 0 Å². The van der Waals surface area contributed by atoms with Crippen molar-refractivity contribution in [2.75, 3.05) is 11.4 Å². The Morgan fingerprint density at radius 1 is 0.833 bits per heavy atom. The fourth-order valence-corrected chi connectivity index (χ4v) is 4.26. The number of benzene rings is 3. The van der Waals surface area contributed by atoms with Crippen LogP contribution in [0.3, 0.4) is 0 Å². The molecule has 0 saturated carbocycles. The number of alkyl halides is 3. The van der Waals surface area contributed by atoms with Crippen LogP contribution in [0, 0.1) is 0 Å². The molecule has 0 radical (unpaired) electrons. The minimum atomic E-state index is -4.41. The first-order valence-electron chi connectivity index (χ1n) is 13.3. The van der Waals surface area contributed by atoms with Crippen LogP contribution < -0.4 is 9.64 Å². The van der Waals surface area contributed by atoms with Gasteiger partial charge in [0.05, 0.1) is 5.56 Å². The molecule has 42 heavy (non-hydrogen) atoms. The van der Waals surface area contributed by atoms with E-state index < -0.39 is 23.3 Å². The second kappa shape index (κ2) is 12.5. The number of ether oxygens (including phenoxy) is 1. The molecule has 4 aromatic rings. The van der Waals surface area contributed by atoms with Gasteiger partial charge in [-0.15, -0.1) is 0 Å². The summed E-state index contributed by atoms with van der Waals surface area (Å²) in [6.45, 7) is 5.32. The van der Waals surface area contributed by atoms with E-state index in [1.807, 2.05) is 41.3 Å². The zero-order valence-electron chi connectivity index (χ0n) is 23.5. The monoisotopic (exact) mass is 576 g/mol. The fraction of sp³-hybridized carbons (Fsp3) is 0.242. The van der Waals surface area contributed by atoms with Crippen molar-refractivity contribution in [3.05, 3.63) is 113 Å². The maximum atomic E-state index is 13.1. The topological polar surface area (TPSA) is 79.7 Å². The van der Waals surface area contributed by atoms with Crippen LogP contribution in [0.2, 0.25) is 0 Å². The second-order valence-corrected chi connectivity index (χ2v) is 10.5. The summed E-state index contributed by atoms with van der Waals surface area (Å²) in [6.07, 6.45) is -2.08. The largest absolute Gasteiger partial charge is 0.478 e. The third-order valence-corrected chi connectivity index (χ3v) is 6.83. The molecule has 0 aliphatic rings. The van der Waals surface area contributed by atoms with Crippen LogP contribution in [0.5, 0.6) is 5.75 Å². The van der Waals surface area contributed by atoms with Gasteiger partial charge in [0.1, 0.15) is 11.6 Å². The smallest absolute Gasteiger partial charge is 0.416 e. The Labute approximate surface area is 242 Å².